The van der Waals surface area contributed by atoms with E-state index in [1.54, 1.807) is 0 Å². The Hall–Kier alpha value is -7.56. The number of fused-ring (bicyclic) bond motifs is 6. The summed E-state index contributed by atoms with van der Waals surface area (Å²) in [6.45, 7) is 0. The summed E-state index contributed by atoms with van der Waals surface area (Å²) >= 11 is 0. The molecule has 0 unspecified atom stereocenters. The zero-order chi connectivity index (χ0) is 38.4. The molecule has 8 aromatic carbocycles. The second-order valence-corrected chi connectivity index (χ2v) is 14.9. The minimum Gasteiger partial charge on any atom is -0.311 e. The SMILES string of the molecule is C1=CC(N(c2ccccc2)c2ccc3c4ccccc4n(-c4ccc(-n5c6ccccc6c6ccc(N(c7ccccc7)c7ccccc7)cc65)cc4)c3c2)=CCC1. The van der Waals surface area contributed by atoms with Crippen LogP contribution in [0, 0.1) is 0 Å². The Kier molecular flexibility index (Phi) is 8.25. The van der Waals surface area contributed by atoms with Gasteiger partial charge in [-0.25, -0.2) is 0 Å². The molecule has 1 aliphatic carbocycles. The van der Waals surface area contributed by atoms with Crippen LogP contribution < -0.4 is 9.80 Å². The highest BCUT2D eigenvalue weighted by Crippen LogP contribution is 2.41. The molecule has 58 heavy (non-hydrogen) atoms. The first kappa shape index (κ1) is 33.8. The molecule has 0 atom stereocenters. The molecule has 1 aliphatic rings. The van der Waals surface area contributed by atoms with E-state index < -0.39 is 0 Å². The van der Waals surface area contributed by atoms with Crippen molar-refractivity contribution in [2.24, 2.45) is 0 Å². The van der Waals surface area contributed by atoms with E-state index >= 15 is 0 Å². The average molecular weight is 745 g/mol. The van der Waals surface area contributed by atoms with Gasteiger partial charge in [0.1, 0.15) is 0 Å². The van der Waals surface area contributed by atoms with Crippen LogP contribution in [0.4, 0.5) is 28.4 Å². The Morgan fingerprint density at radius 2 is 0.741 bits per heavy atom. The third kappa shape index (κ3) is 5.69. The van der Waals surface area contributed by atoms with E-state index in [1.165, 1.54) is 43.8 Å². The molecular formula is C54H40N4. The summed E-state index contributed by atoms with van der Waals surface area (Å²) in [5, 5.41) is 4.94. The van der Waals surface area contributed by atoms with Crippen molar-refractivity contribution in [3.05, 3.63) is 224 Å². The molecule has 11 rings (SSSR count). The van der Waals surface area contributed by atoms with Crippen LogP contribution >= 0.6 is 0 Å². The Morgan fingerprint density at radius 1 is 0.328 bits per heavy atom. The van der Waals surface area contributed by atoms with Gasteiger partial charge in [0.25, 0.3) is 0 Å². The first-order valence-corrected chi connectivity index (χ1v) is 20.1. The van der Waals surface area contributed by atoms with Gasteiger partial charge < -0.3 is 18.9 Å². The lowest BCUT2D eigenvalue weighted by Gasteiger charge is -2.27. The number of nitrogens with zero attached hydrogens (tertiary/aromatic N) is 4. The Labute approximate surface area is 338 Å². The maximum absolute atomic E-state index is 2.42. The smallest absolute Gasteiger partial charge is 0.0561 e. The lowest BCUT2D eigenvalue weighted by atomic mass is 10.1. The molecule has 0 amide bonds. The van der Waals surface area contributed by atoms with Crippen molar-refractivity contribution in [2.45, 2.75) is 12.8 Å². The van der Waals surface area contributed by atoms with Crippen LogP contribution in [0.1, 0.15) is 12.8 Å². The maximum Gasteiger partial charge on any atom is 0.0561 e. The molecule has 0 bridgehead atoms. The summed E-state index contributed by atoms with van der Waals surface area (Å²) < 4.78 is 4.84. The van der Waals surface area contributed by atoms with Gasteiger partial charge >= 0.3 is 0 Å². The van der Waals surface area contributed by atoms with Gasteiger partial charge in [-0.1, -0.05) is 115 Å². The highest BCUT2D eigenvalue weighted by molar-refractivity contribution is 6.11. The molecule has 0 radical (unpaired) electrons. The lowest BCUT2D eigenvalue weighted by molar-refractivity contribution is 0.997. The fraction of sp³-hybridized carbons (Fsp3) is 0.0370. The van der Waals surface area contributed by atoms with Crippen LogP contribution in [0.5, 0.6) is 0 Å². The quantitative estimate of drug-likeness (QED) is 0.154. The van der Waals surface area contributed by atoms with Gasteiger partial charge in [-0.15, -0.1) is 0 Å². The molecule has 2 aromatic heterocycles. The summed E-state index contributed by atoms with van der Waals surface area (Å²) in [4.78, 5) is 4.72. The molecule has 4 nitrogen and oxygen atoms in total. The van der Waals surface area contributed by atoms with Crippen molar-refractivity contribution >= 4 is 72.0 Å². The Bertz CT molecular complexity index is 3110. The zero-order valence-electron chi connectivity index (χ0n) is 32.0. The minimum atomic E-state index is 1.04. The largest absolute Gasteiger partial charge is 0.311 e. The van der Waals surface area contributed by atoms with Crippen molar-refractivity contribution in [2.75, 3.05) is 9.80 Å². The van der Waals surface area contributed by atoms with E-state index in [0.29, 0.717) is 0 Å². The molecule has 4 heteroatoms. The Morgan fingerprint density at radius 3 is 1.21 bits per heavy atom. The van der Waals surface area contributed by atoms with E-state index in [4.69, 9.17) is 0 Å². The number of para-hydroxylation sites is 5. The fourth-order valence-electron chi connectivity index (χ4n) is 8.89. The van der Waals surface area contributed by atoms with Crippen molar-refractivity contribution in [1.82, 2.24) is 9.13 Å². The molecule has 10 aromatic rings. The summed E-state index contributed by atoms with van der Waals surface area (Å²) in [5.74, 6) is 0. The molecule has 0 spiro atoms. The second-order valence-electron chi connectivity index (χ2n) is 14.9. The molecule has 0 fully saturated rings. The lowest BCUT2D eigenvalue weighted by Crippen LogP contribution is -2.16. The van der Waals surface area contributed by atoms with E-state index in [1.807, 2.05) is 0 Å². The highest BCUT2D eigenvalue weighted by atomic mass is 15.2. The van der Waals surface area contributed by atoms with Gasteiger partial charge in [-0.3, -0.25) is 0 Å². The maximum atomic E-state index is 2.42. The van der Waals surface area contributed by atoms with Gasteiger partial charge in [0.2, 0.25) is 0 Å². The monoisotopic (exact) mass is 744 g/mol. The molecular weight excluding hydrogens is 705 g/mol. The first-order valence-electron chi connectivity index (χ1n) is 20.1. The van der Waals surface area contributed by atoms with Crippen LogP contribution in [0.3, 0.4) is 0 Å². The van der Waals surface area contributed by atoms with Crippen LogP contribution in [0.2, 0.25) is 0 Å². The van der Waals surface area contributed by atoms with Gasteiger partial charge in [0.15, 0.2) is 0 Å². The van der Waals surface area contributed by atoms with Gasteiger partial charge in [-0.2, -0.15) is 0 Å². The third-order valence-electron chi connectivity index (χ3n) is 11.5. The number of anilines is 5. The summed E-state index contributed by atoms with van der Waals surface area (Å²) in [7, 11) is 0. The predicted molar refractivity (Wildman–Crippen MR) is 245 cm³/mol. The molecule has 0 saturated carbocycles. The predicted octanol–water partition coefficient (Wildman–Crippen LogP) is 14.7. The fourth-order valence-corrected chi connectivity index (χ4v) is 8.89. The topological polar surface area (TPSA) is 16.3 Å². The number of hydrogen-bond acceptors (Lipinski definition) is 2. The molecule has 0 saturated heterocycles. The standard InChI is InChI=1S/C54H40N4/c1-5-17-39(18-6-1)55(40-19-7-2-8-20-40)45-33-35-49-47-25-13-15-27-51(47)57(53(49)37-45)43-29-31-44(32-30-43)58-52-28-16-14-26-48(52)50-36-34-46(38-54(50)58)56(41-21-9-3-10-22-41)42-23-11-4-12-24-42/h1-3,5-11,13-38H,4,12H2. The number of hydrogen-bond donors (Lipinski definition) is 0. The number of rotatable bonds is 8. The van der Waals surface area contributed by atoms with Gasteiger partial charge in [0.05, 0.1) is 22.1 Å². The van der Waals surface area contributed by atoms with E-state index in [2.05, 4.69) is 237 Å². The van der Waals surface area contributed by atoms with E-state index in [-0.39, 0.29) is 0 Å². The van der Waals surface area contributed by atoms with Gasteiger partial charge in [0, 0.05) is 67.1 Å². The molecule has 0 aliphatic heterocycles. The van der Waals surface area contributed by atoms with Crippen molar-refractivity contribution in [3.8, 4) is 11.4 Å². The van der Waals surface area contributed by atoms with Gasteiger partial charge in [-0.05, 0) is 116 Å². The third-order valence-corrected chi connectivity index (χ3v) is 11.5. The molecule has 2 heterocycles. The van der Waals surface area contributed by atoms with Crippen molar-refractivity contribution in [1.29, 1.82) is 0 Å². The van der Waals surface area contributed by atoms with Crippen molar-refractivity contribution < 1.29 is 0 Å². The number of allylic oxidation sites excluding steroid dienone is 3. The highest BCUT2D eigenvalue weighted by Gasteiger charge is 2.20. The summed E-state index contributed by atoms with van der Waals surface area (Å²) in [6, 6.07) is 72.4. The van der Waals surface area contributed by atoms with Crippen LogP contribution in [-0.2, 0) is 0 Å². The molecule has 0 N–H and O–H groups in total. The number of benzene rings is 8. The summed E-state index contributed by atoms with van der Waals surface area (Å²) in [6.07, 6.45) is 9.00. The average Bonchev–Trinajstić information content (AvgIpc) is 3.80. The van der Waals surface area contributed by atoms with E-state index in [9.17, 15) is 0 Å². The second kappa shape index (κ2) is 14.2. The Balaban J connectivity index is 1.06. The van der Waals surface area contributed by atoms with Crippen LogP contribution in [-0.4, -0.2) is 9.13 Å². The van der Waals surface area contributed by atoms with E-state index in [0.717, 1.165) is 58.2 Å². The normalized spacial score (nSPS) is 12.7. The molecule has 276 valence electrons. The van der Waals surface area contributed by atoms with Crippen molar-refractivity contribution in [3.63, 3.8) is 0 Å². The first-order chi connectivity index (χ1) is 28.8. The zero-order valence-corrected chi connectivity index (χ0v) is 32.0. The van der Waals surface area contributed by atoms with Crippen LogP contribution in [0.15, 0.2) is 224 Å². The number of aromatic nitrogens is 2. The van der Waals surface area contributed by atoms with Crippen LogP contribution in [0.25, 0.3) is 55.0 Å². The summed E-state index contributed by atoms with van der Waals surface area (Å²) in [5.41, 5.74) is 13.8. The minimum absolute atomic E-state index is 1.04.